The minimum absolute atomic E-state index is 0.212. The molecule has 0 saturated heterocycles. The first-order valence-electron chi connectivity index (χ1n) is 10.8. The molecule has 0 aliphatic rings. The molecule has 2 aromatic heterocycles. The summed E-state index contributed by atoms with van der Waals surface area (Å²) in [6.07, 6.45) is 1.80. The van der Waals surface area contributed by atoms with E-state index in [0.717, 1.165) is 38.9 Å². The molecule has 33 heavy (non-hydrogen) atoms. The van der Waals surface area contributed by atoms with Gasteiger partial charge in [-0.05, 0) is 75.2 Å². The predicted molar refractivity (Wildman–Crippen MR) is 135 cm³/mol. The van der Waals surface area contributed by atoms with E-state index in [0.29, 0.717) is 5.95 Å². The summed E-state index contributed by atoms with van der Waals surface area (Å²) < 4.78 is 13.7. The number of hydrogen-bond donors (Lipinski definition) is 1. The van der Waals surface area contributed by atoms with Crippen LogP contribution in [0, 0.1) is 12.7 Å². The quantitative estimate of drug-likeness (QED) is 0.245. The van der Waals surface area contributed by atoms with E-state index in [1.165, 1.54) is 17.7 Å². The zero-order valence-electron chi connectivity index (χ0n) is 19.3. The van der Waals surface area contributed by atoms with Crippen LogP contribution in [0.25, 0.3) is 22.4 Å². The third kappa shape index (κ3) is 5.96. The van der Waals surface area contributed by atoms with Crippen molar-refractivity contribution in [2.45, 2.75) is 44.0 Å². The second-order valence-electron chi connectivity index (χ2n) is 8.92. The number of benzene rings is 2. The van der Waals surface area contributed by atoms with Crippen LogP contribution in [0.1, 0.15) is 32.0 Å². The lowest BCUT2D eigenvalue weighted by Gasteiger charge is -2.23. The highest BCUT2D eigenvalue weighted by Gasteiger charge is 2.21. The van der Waals surface area contributed by atoms with E-state index < -0.39 is 0 Å². The lowest BCUT2D eigenvalue weighted by Crippen LogP contribution is -2.27. The first-order chi connectivity index (χ1) is 15.8. The van der Waals surface area contributed by atoms with E-state index in [4.69, 9.17) is 9.97 Å². The van der Waals surface area contributed by atoms with Gasteiger partial charge in [-0.2, -0.15) is 0 Å². The number of aryl methyl sites for hydroxylation is 1. The van der Waals surface area contributed by atoms with E-state index >= 15 is 0 Å². The third-order valence-electron chi connectivity index (χ3n) is 4.88. The topological polar surface area (TPSA) is 50.7 Å². The fourth-order valence-electron chi connectivity index (χ4n) is 3.44. The number of thioether (sulfide) groups is 1. The Morgan fingerprint density at radius 2 is 1.64 bits per heavy atom. The number of anilines is 1. The van der Waals surface area contributed by atoms with Crippen LogP contribution in [0.5, 0.6) is 0 Å². The summed E-state index contributed by atoms with van der Waals surface area (Å²) >= 11 is 1.67. The smallest absolute Gasteiger partial charge is 0.224 e. The zero-order valence-corrected chi connectivity index (χ0v) is 20.1. The third-order valence-corrected chi connectivity index (χ3v) is 5.93. The minimum Gasteiger partial charge on any atom is -0.350 e. The molecule has 0 spiro atoms. The molecule has 2 aromatic carbocycles. The molecule has 4 rings (SSSR count). The monoisotopic (exact) mass is 458 g/mol. The fraction of sp³-hybridized carbons (Fsp3) is 0.222. The van der Waals surface area contributed by atoms with Gasteiger partial charge in [0.2, 0.25) is 5.95 Å². The molecule has 0 bridgehead atoms. The highest BCUT2D eigenvalue weighted by molar-refractivity contribution is 7.98. The van der Waals surface area contributed by atoms with Crippen molar-refractivity contribution in [3.05, 3.63) is 90.0 Å². The number of hydrogen-bond acceptors (Lipinski definition) is 5. The molecule has 1 N–H and O–H groups in total. The normalized spacial score (nSPS) is 11.4. The maximum absolute atomic E-state index is 13.7. The van der Waals surface area contributed by atoms with E-state index in [1.54, 1.807) is 30.1 Å². The molecule has 0 aliphatic heterocycles. The molecule has 0 radical (unpaired) electrons. The van der Waals surface area contributed by atoms with Gasteiger partial charge in [0, 0.05) is 34.3 Å². The summed E-state index contributed by atoms with van der Waals surface area (Å²) in [6, 6.07) is 20.8. The largest absolute Gasteiger partial charge is 0.350 e. The molecule has 168 valence electrons. The average Bonchev–Trinajstić information content (AvgIpc) is 2.77. The zero-order chi connectivity index (χ0) is 23.4. The summed E-state index contributed by atoms with van der Waals surface area (Å²) in [5, 5.41) is 4.28. The van der Waals surface area contributed by atoms with Crippen molar-refractivity contribution >= 4 is 17.7 Å². The summed E-state index contributed by atoms with van der Waals surface area (Å²) in [6.45, 7) is 8.19. The first kappa shape index (κ1) is 22.9. The van der Waals surface area contributed by atoms with Crippen molar-refractivity contribution in [2.75, 3.05) is 5.32 Å². The summed E-state index contributed by atoms with van der Waals surface area (Å²) in [7, 11) is 0. The Morgan fingerprint density at radius 1 is 0.909 bits per heavy atom. The molecule has 0 atom stereocenters. The molecule has 4 nitrogen and oxygen atoms in total. The van der Waals surface area contributed by atoms with Crippen molar-refractivity contribution in [1.29, 1.82) is 0 Å². The standard InChI is InChI=1S/C27H27FN4S/c1-18-16-21(14-15-29-18)23-24(20-10-12-22(28)13-11-20)30-26(32-27(2,3)4)31-25(23)33-17-19-8-6-5-7-9-19/h5-16H,17H2,1-4H3,(H,30,31,32). The van der Waals surface area contributed by atoms with E-state index in [1.807, 2.05) is 37.3 Å². The van der Waals surface area contributed by atoms with Crippen LogP contribution in [0.2, 0.25) is 0 Å². The van der Waals surface area contributed by atoms with Crippen LogP contribution in [-0.2, 0) is 5.75 Å². The van der Waals surface area contributed by atoms with E-state index in [9.17, 15) is 4.39 Å². The molecule has 0 aliphatic carbocycles. The van der Waals surface area contributed by atoms with Crippen LogP contribution in [0.15, 0.2) is 78.0 Å². The van der Waals surface area contributed by atoms with Gasteiger partial charge in [0.25, 0.3) is 0 Å². The van der Waals surface area contributed by atoms with Gasteiger partial charge in [0.1, 0.15) is 10.8 Å². The number of halogens is 1. The van der Waals surface area contributed by atoms with Crippen molar-refractivity contribution in [3.8, 4) is 22.4 Å². The lowest BCUT2D eigenvalue weighted by molar-refractivity contribution is 0.624. The summed E-state index contributed by atoms with van der Waals surface area (Å²) in [5.74, 6) is 1.04. The number of rotatable bonds is 6. The van der Waals surface area contributed by atoms with Gasteiger partial charge in [0.05, 0.1) is 5.69 Å². The molecule has 0 amide bonds. The van der Waals surface area contributed by atoms with Gasteiger partial charge in [-0.15, -0.1) is 11.8 Å². The Balaban J connectivity index is 1.91. The molecular weight excluding hydrogens is 431 g/mol. The Kier molecular flexibility index (Phi) is 6.75. The van der Waals surface area contributed by atoms with Gasteiger partial charge >= 0.3 is 0 Å². The number of aromatic nitrogens is 3. The van der Waals surface area contributed by atoms with Crippen LogP contribution >= 0.6 is 11.8 Å². The van der Waals surface area contributed by atoms with Crippen molar-refractivity contribution in [3.63, 3.8) is 0 Å². The van der Waals surface area contributed by atoms with Crippen molar-refractivity contribution < 1.29 is 4.39 Å². The SMILES string of the molecule is Cc1cc(-c2c(SCc3ccccc3)nc(NC(C)(C)C)nc2-c2ccc(F)cc2)ccn1. The van der Waals surface area contributed by atoms with Gasteiger partial charge in [-0.1, -0.05) is 30.3 Å². The van der Waals surface area contributed by atoms with E-state index in [2.05, 4.69) is 43.2 Å². The Bertz CT molecular complexity index is 1240. The van der Waals surface area contributed by atoms with E-state index in [-0.39, 0.29) is 11.4 Å². The Hall–Kier alpha value is -3.25. The first-order valence-corrected chi connectivity index (χ1v) is 11.8. The highest BCUT2D eigenvalue weighted by Crippen LogP contribution is 2.39. The van der Waals surface area contributed by atoms with Crippen molar-refractivity contribution in [1.82, 2.24) is 15.0 Å². The Morgan fingerprint density at radius 3 is 2.30 bits per heavy atom. The van der Waals surface area contributed by atoms with Crippen LogP contribution < -0.4 is 5.32 Å². The molecule has 0 saturated carbocycles. The maximum atomic E-state index is 13.7. The molecule has 0 fully saturated rings. The van der Waals surface area contributed by atoms with Gasteiger partial charge < -0.3 is 5.32 Å². The van der Waals surface area contributed by atoms with Crippen LogP contribution in [0.3, 0.4) is 0 Å². The van der Waals surface area contributed by atoms with Crippen LogP contribution in [0.4, 0.5) is 10.3 Å². The second kappa shape index (κ2) is 9.71. The number of nitrogens with zero attached hydrogens (tertiary/aromatic N) is 3. The number of pyridine rings is 1. The predicted octanol–water partition coefficient (Wildman–Crippen LogP) is 7.16. The summed E-state index contributed by atoms with van der Waals surface area (Å²) in [5.41, 5.74) is 5.42. The summed E-state index contributed by atoms with van der Waals surface area (Å²) in [4.78, 5) is 14.2. The Labute approximate surface area is 198 Å². The fourth-order valence-corrected chi connectivity index (χ4v) is 4.45. The lowest BCUT2D eigenvalue weighted by atomic mass is 10.0. The van der Waals surface area contributed by atoms with Gasteiger partial charge in [-0.25, -0.2) is 14.4 Å². The molecular formula is C27H27FN4S. The van der Waals surface area contributed by atoms with Gasteiger partial charge in [-0.3, -0.25) is 4.98 Å². The minimum atomic E-state index is -0.277. The maximum Gasteiger partial charge on any atom is 0.224 e. The molecule has 0 unspecified atom stereocenters. The molecule has 6 heteroatoms. The van der Waals surface area contributed by atoms with Gasteiger partial charge in [0.15, 0.2) is 0 Å². The second-order valence-corrected chi connectivity index (χ2v) is 9.88. The molecule has 4 aromatic rings. The average molecular weight is 459 g/mol. The highest BCUT2D eigenvalue weighted by atomic mass is 32.2. The molecule has 2 heterocycles. The van der Waals surface area contributed by atoms with Crippen LogP contribution in [-0.4, -0.2) is 20.5 Å². The number of nitrogens with one attached hydrogen (secondary N) is 1. The van der Waals surface area contributed by atoms with Crippen molar-refractivity contribution in [2.24, 2.45) is 0 Å².